The molecule has 2 aliphatic carbocycles. The van der Waals surface area contributed by atoms with Gasteiger partial charge >= 0.3 is 0 Å². The summed E-state index contributed by atoms with van der Waals surface area (Å²) in [5, 5.41) is 3.47. The van der Waals surface area contributed by atoms with Crippen LogP contribution in [0.25, 0.3) is 0 Å². The molecule has 3 atom stereocenters. The number of hydrogen-bond acceptors (Lipinski definition) is 4. The molecule has 5 heteroatoms. The Morgan fingerprint density at radius 1 is 1.45 bits per heavy atom. The van der Waals surface area contributed by atoms with Gasteiger partial charge in [-0.3, -0.25) is 4.79 Å². The largest absolute Gasteiger partial charge is 0.379 e. The first kappa shape index (κ1) is 15.7. The second-order valence-electron chi connectivity index (χ2n) is 6.19. The van der Waals surface area contributed by atoms with Crippen LogP contribution in [-0.2, 0) is 14.3 Å². The summed E-state index contributed by atoms with van der Waals surface area (Å²) in [6.45, 7) is 5.30. The minimum atomic E-state index is -0.560. The number of amides is 1. The topological polar surface area (TPSA) is 73.6 Å². The van der Waals surface area contributed by atoms with Crippen LogP contribution in [0.3, 0.4) is 0 Å². The molecule has 0 radical (unpaired) electrons. The predicted molar refractivity (Wildman–Crippen MR) is 77.4 cm³/mol. The molecule has 116 valence electrons. The van der Waals surface area contributed by atoms with Gasteiger partial charge in [0.1, 0.15) is 5.54 Å². The third kappa shape index (κ3) is 4.17. The van der Waals surface area contributed by atoms with Gasteiger partial charge in [-0.25, -0.2) is 0 Å². The van der Waals surface area contributed by atoms with Crippen molar-refractivity contribution in [1.82, 2.24) is 5.32 Å². The molecule has 0 aliphatic heterocycles. The summed E-state index contributed by atoms with van der Waals surface area (Å²) in [4.78, 5) is 11.9. The molecule has 2 saturated carbocycles. The normalized spacial score (nSPS) is 32.0. The number of carbonyl (C=O) groups is 1. The fourth-order valence-electron chi connectivity index (χ4n) is 3.04. The Hall–Kier alpha value is -0.650. The van der Waals surface area contributed by atoms with Crippen molar-refractivity contribution in [3.05, 3.63) is 0 Å². The third-order valence-corrected chi connectivity index (χ3v) is 4.22. The second-order valence-corrected chi connectivity index (χ2v) is 6.19. The number of carbonyl (C=O) groups excluding carboxylic acids is 1. The number of primary amides is 1. The van der Waals surface area contributed by atoms with Crippen molar-refractivity contribution < 1.29 is 14.3 Å². The summed E-state index contributed by atoms with van der Waals surface area (Å²) in [6, 6.07) is 0.474. The molecule has 0 aromatic carbocycles. The quantitative estimate of drug-likeness (QED) is 0.705. The molecule has 0 spiro atoms. The van der Waals surface area contributed by atoms with Crippen LogP contribution >= 0.6 is 0 Å². The first-order valence-electron chi connectivity index (χ1n) is 7.86. The summed E-state index contributed by atoms with van der Waals surface area (Å²) in [7, 11) is 0. The van der Waals surface area contributed by atoms with Crippen LogP contribution in [-0.4, -0.2) is 42.9 Å². The molecule has 0 aromatic heterocycles. The minimum Gasteiger partial charge on any atom is -0.379 e. The number of ether oxygens (including phenoxy) is 2. The van der Waals surface area contributed by atoms with Crippen LogP contribution in [0.5, 0.6) is 0 Å². The van der Waals surface area contributed by atoms with E-state index in [1.54, 1.807) is 0 Å². The van der Waals surface area contributed by atoms with Crippen molar-refractivity contribution in [2.45, 2.75) is 76.2 Å². The van der Waals surface area contributed by atoms with Crippen molar-refractivity contribution in [1.29, 1.82) is 0 Å². The Kier molecular flexibility index (Phi) is 5.41. The van der Waals surface area contributed by atoms with Gasteiger partial charge in [-0.2, -0.15) is 0 Å². The van der Waals surface area contributed by atoms with E-state index in [1.165, 1.54) is 0 Å². The van der Waals surface area contributed by atoms with Crippen LogP contribution < -0.4 is 11.1 Å². The highest BCUT2D eigenvalue weighted by Crippen LogP contribution is 2.34. The highest BCUT2D eigenvalue weighted by atomic mass is 16.5. The highest BCUT2D eigenvalue weighted by molar-refractivity contribution is 5.85. The van der Waals surface area contributed by atoms with E-state index in [-0.39, 0.29) is 18.1 Å². The maximum absolute atomic E-state index is 11.9. The molecule has 3 N–H and O–H groups in total. The molecule has 3 unspecified atom stereocenters. The van der Waals surface area contributed by atoms with Gasteiger partial charge in [0.2, 0.25) is 5.91 Å². The molecule has 2 fully saturated rings. The summed E-state index contributed by atoms with van der Waals surface area (Å²) in [5.74, 6) is -0.227. The molecule has 0 heterocycles. The molecule has 2 aliphatic rings. The highest BCUT2D eigenvalue weighted by Gasteiger charge is 2.45. The Labute approximate surface area is 121 Å². The number of nitrogens with one attached hydrogen (secondary N) is 1. The molecule has 1 amide bonds. The molecule has 2 rings (SSSR count). The van der Waals surface area contributed by atoms with Crippen LogP contribution in [0.4, 0.5) is 0 Å². The summed E-state index contributed by atoms with van der Waals surface area (Å²) >= 11 is 0. The smallest absolute Gasteiger partial charge is 0.237 e. The summed E-state index contributed by atoms with van der Waals surface area (Å²) in [5.41, 5.74) is 5.11. The van der Waals surface area contributed by atoms with Crippen molar-refractivity contribution in [2.75, 3.05) is 13.2 Å². The zero-order valence-electron chi connectivity index (χ0n) is 12.7. The van der Waals surface area contributed by atoms with E-state index < -0.39 is 5.54 Å². The van der Waals surface area contributed by atoms with E-state index in [0.29, 0.717) is 25.7 Å². The molecule has 5 nitrogen and oxygen atoms in total. The van der Waals surface area contributed by atoms with Crippen LogP contribution in [0.1, 0.15) is 52.4 Å². The minimum absolute atomic E-state index is 0.0598. The van der Waals surface area contributed by atoms with Crippen LogP contribution in [0.15, 0.2) is 0 Å². The van der Waals surface area contributed by atoms with Gasteiger partial charge < -0.3 is 20.5 Å². The third-order valence-electron chi connectivity index (χ3n) is 4.22. The maximum Gasteiger partial charge on any atom is 0.237 e. The van der Waals surface area contributed by atoms with E-state index in [9.17, 15) is 4.79 Å². The first-order chi connectivity index (χ1) is 9.55. The van der Waals surface area contributed by atoms with E-state index in [2.05, 4.69) is 5.32 Å². The molecule has 0 bridgehead atoms. The van der Waals surface area contributed by atoms with E-state index >= 15 is 0 Å². The molecule has 0 saturated heterocycles. The molecular formula is C15H28N2O3. The van der Waals surface area contributed by atoms with Gasteiger partial charge in [0.25, 0.3) is 0 Å². The Morgan fingerprint density at radius 3 is 2.80 bits per heavy atom. The van der Waals surface area contributed by atoms with Crippen LogP contribution in [0, 0.1) is 0 Å². The van der Waals surface area contributed by atoms with E-state index in [0.717, 1.165) is 32.1 Å². The Balaban J connectivity index is 1.89. The van der Waals surface area contributed by atoms with Crippen molar-refractivity contribution in [2.24, 2.45) is 5.73 Å². The lowest BCUT2D eigenvalue weighted by Gasteiger charge is -2.40. The molecule has 20 heavy (non-hydrogen) atoms. The Morgan fingerprint density at radius 2 is 2.20 bits per heavy atom. The van der Waals surface area contributed by atoms with Crippen molar-refractivity contribution in [3.63, 3.8) is 0 Å². The lowest BCUT2D eigenvalue weighted by molar-refractivity contribution is -0.131. The SMILES string of the molecule is CCOCC(C)OC1CCCC(NC2CC2)(C(N)=O)C1. The molecule has 0 aromatic rings. The molecular weight excluding hydrogens is 256 g/mol. The second kappa shape index (κ2) is 6.87. The lowest BCUT2D eigenvalue weighted by atomic mass is 9.79. The number of hydrogen-bond donors (Lipinski definition) is 2. The first-order valence-corrected chi connectivity index (χ1v) is 7.86. The monoisotopic (exact) mass is 284 g/mol. The fraction of sp³-hybridized carbons (Fsp3) is 0.933. The lowest BCUT2D eigenvalue weighted by Crippen LogP contribution is -2.59. The van der Waals surface area contributed by atoms with Gasteiger partial charge in [-0.05, 0) is 46.0 Å². The zero-order valence-corrected chi connectivity index (χ0v) is 12.7. The number of nitrogens with two attached hydrogens (primary N) is 1. The Bertz CT molecular complexity index is 333. The maximum atomic E-state index is 11.9. The summed E-state index contributed by atoms with van der Waals surface area (Å²) in [6.07, 6.45) is 5.96. The van der Waals surface area contributed by atoms with E-state index in [4.69, 9.17) is 15.2 Å². The van der Waals surface area contributed by atoms with Gasteiger partial charge in [-0.15, -0.1) is 0 Å². The summed E-state index contributed by atoms with van der Waals surface area (Å²) < 4.78 is 11.4. The fourth-order valence-corrected chi connectivity index (χ4v) is 3.04. The van der Waals surface area contributed by atoms with E-state index in [1.807, 2.05) is 13.8 Å². The predicted octanol–water partition coefficient (Wildman–Crippen LogP) is 1.35. The van der Waals surface area contributed by atoms with Crippen molar-refractivity contribution in [3.8, 4) is 0 Å². The van der Waals surface area contributed by atoms with Gasteiger partial charge in [-0.1, -0.05) is 0 Å². The van der Waals surface area contributed by atoms with Gasteiger partial charge in [0.15, 0.2) is 0 Å². The average molecular weight is 284 g/mol. The average Bonchev–Trinajstić information content (AvgIpc) is 3.20. The van der Waals surface area contributed by atoms with Gasteiger partial charge in [0.05, 0.1) is 18.8 Å². The van der Waals surface area contributed by atoms with Crippen LogP contribution in [0.2, 0.25) is 0 Å². The standard InChI is InChI=1S/C15H28N2O3/c1-3-19-10-11(2)20-13-5-4-8-15(9-13,14(16)18)17-12-6-7-12/h11-13,17H,3-10H2,1-2H3,(H2,16,18). The van der Waals surface area contributed by atoms with Crippen molar-refractivity contribution >= 4 is 5.91 Å². The number of rotatable bonds is 8. The van der Waals surface area contributed by atoms with Gasteiger partial charge in [0, 0.05) is 19.1 Å². The zero-order chi connectivity index (χ0) is 14.6.